The van der Waals surface area contributed by atoms with Gasteiger partial charge in [-0.05, 0) is 39.0 Å². The zero-order chi connectivity index (χ0) is 16.5. The largest absolute Gasteiger partial charge is 0.386 e. The second-order valence-electron chi connectivity index (χ2n) is 6.48. The van der Waals surface area contributed by atoms with Crippen molar-refractivity contribution in [1.82, 2.24) is 0 Å². The van der Waals surface area contributed by atoms with Gasteiger partial charge in [0.1, 0.15) is 6.10 Å². The number of hydrogen-bond donors (Lipinski definition) is 1. The van der Waals surface area contributed by atoms with E-state index in [0.717, 1.165) is 12.8 Å². The van der Waals surface area contributed by atoms with Gasteiger partial charge in [-0.15, -0.1) is 0 Å². The van der Waals surface area contributed by atoms with Crippen molar-refractivity contribution in [2.45, 2.75) is 110 Å². The molecule has 0 bridgehead atoms. The quantitative estimate of drug-likeness (QED) is 0.281. The summed E-state index contributed by atoms with van der Waals surface area (Å²) in [5, 5.41) is 9.08. The monoisotopic (exact) mass is 310 g/mol. The van der Waals surface area contributed by atoms with E-state index in [1.807, 2.05) is 0 Å². The number of aliphatic hydroxyl groups excluding tert-OH is 1. The lowest BCUT2D eigenvalue weighted by Crippen LogP contribution is -2.15. The van der Waals surface area contributed by atoms with Gasteiger partial charge >= 0.3 is 0 Å². The van der Waals surface area contributed by atoms with Crippen LogP contribution in [0, 0.1) is 0 Å². The molecule has 0 saturated carbocycles. The number of aliphatic hydroxyl groups is 1. The van der Waals surface area contributed by atoms with E-state index < -0.39 is 6.10 Å². The van der Waals surface area contributed by atoms with Crippen molar-refractivity contribution >= 4 is 5.78 Å². The summed E-state index contributed by atoms with van der Waals surface area (Å²) in [6, 6.07) is 0. The van der Waals surface area contributed by atoms with E-state index in [2.05, 4.69) is 19.1 Å². The molecular formula is C20H38O2. The lowest BCUT2D eigenvalue weighted by Gasteiger charge is -2.03. The van der Waals surface area contributed by atoms with Crippen LogP contribution in [0.25, 0.3) is 0 Å². The van der Waals surface area contributed by atoms with Gasteiger partial charge in [0, 0.05) is 6.42 Å². The maximum absolute atomic E-state index is 11.2. The van der Waals surface area contributed by atoms with Gasteiger partial charge in [-0.1, -0.05) is 70.4 Å². The topological polar surface area (TPSA) is 37.3 Å². The van der Waals surface area contributed by atoms with Gasteiger partial charge in [0.25, 0.3) is 0 Å². The summed E-state index contributed by atoms with van der Waals surface area (Å²) in [7, 11) is 0. The minimum absolute atomic E-state index is 0.0161. The van der Waals surface area contributed by atoms with Crippen LogP contribution in [0.1, 0.15) is 104 Å². The Morgan fingerprint density at radius 2 is 1.27 bits per heavy atom. The van der Waals surface area contributed by atoms with Crippen LogP contribution in [0.15, 0.2) is 12.2 Å². The van der Waals surface area contributed by atoms with Crippen molar-refractivity contribution in [3.05, 3.63) is 12.2 Å². The Labute approximate surface area is 138 Å². The third-order valence-corrected chi connectivity index (χ3v) is 4.15. The van der Waals surface area contributed by atoms with E-state index in [0.29, 0.717) is 6.42 Å². The van der Waals surface area contributed by atoms with Crippen molar-refractivity contribution in [3.8, 4) is 0 Å². The molecule has 0 radical (unpaired) electrons. The van der Waals surface area contributed by atoms with Gasteiger partial charge in [0.15, 0.2) is 5.78 Å². The number of carbonyl (C=O) groups is 1. The number of rotatable bonds is 16. The number of ketones is 1. The molecular weight excluding hydrogens is 272 g/mol. The predicted octanol–water partition coefficient (Wildman–Crippen LogP) is 5.97. The van der Waals surface area contributed by atoms with Gasteiger partial charge < -0.3 is 5.11 Å². The maximum atomic E-state index is 11.2. The lowest BCUT2D eigenvalue weighted by atomic mass is 10.1. The van der Waals surface area contributed by atoms with E-state index in [-0.39, 0.29) is 5.78 Å². The summed E-state index contributed by atoms with van der Waals surface area (Å²) >= 11 is 0. The Kier molecular flexibility index (Phi) is 16.3. The van der Waals surface area contributed by atoms with Gasteiger partial charge in [0.05, 0.1) is 0 Å². The summed E-state index contributed by atoms with van der Waals surface area (Å²) in [6.07, 6.45) is 20.9. The molecule has 22 heavy (non-hydrogen) atoms. The van der Waals surface area contributed by atoms with Crippen LogP contribution in [0.5, 0.6) is 0 Å². The molecule has 2 nitrogen and oxygen atoms in total. The third kappa shape index (κ3) is 15.8. The van der Waals surface area contributed by atoms with Crippen molar-refractivity contribution < 1.29 is 9.90 Å². The lowest BCUT2D eigenvalue weighted by molar-refractivity contribution is -0.126. The molecule has 2 heteroatoms. The fourth-order valence-corrected chi connectivity index (χ4v) is 2.58. The predicted molar refractivity (Wildman–Crippen MR) is 96.1 cm³/mol. The Balaban J connectivity index is 3.16. The molecule has 0 aliphatic heterocycles. The van der Waals surface area contributed by atoms with E-state index in [4.69, 9.17) is 5.11 Å². The van der Waals surface area contributed by atoms with Gasteiger partial charge in [-0.2, -0.15) is 0 Å². The first-order chi connectivity index (χ1) is 10.7. The first kappa shape index (κ1) is 21.4. The van der Waals surface area contributed by atoms with Crippen LogP contribution in [-0.4, -0.2) is 17.0 Å². The SMILES string of the molecule is CCCCCCCC/C=C\CCCCCCCC(=O)C(C)O. The summed E-state index contributed by atoms with van der Waals surface area (Å²) in [5.74, 6) is -0.0161. The maximum Gasteiger partial charge on any atom is 0.160 e. The molecule has 1 N–H and O–H groups in total. The first-order valence-corrected chi connectivity index (χ1v) is 9.54. The molecule has 1 unspecified atom stereocenters. The second-order valence-corrected chi connectivity index (χ2v) is 6.48. The zero-order valence-corrected chi connectivity index (χ0v) is 15.0. The van der Waals surface area contributed by atoms with Gasteiger partial charge in [-0.3, -0.25) is 4.79 Å². The molecule has 0 aliphatic carbocycles. The van der Waals surface area contributed by atoms with Crippen LogP contribution < -0.4 is 0 Å². The Bertz CT molecular complexity index is 269. The van der Waals surface area contributed by atoms with E-state index in [9.17, 15) is 4.79 Å². The molecule has 0 rings (SSSR count). The van der Waals surface area contributed by atoms with Crippen LogP contribution in [0.4, 0.5) is 0 Å². The molecule has 0 aliphatic rings. The Morgan fingerprint density at radius 3 is 1.77 bits per heavy atom. The molecule has 0 aromatic rings. The fraction of sp³-hybridized carbons (Fsp3) is 0.850. The number of carbonyl (C=O) groups excluding carboxylic acids is 1. The molecule has 0 heterocycles. The molecule has 0 saturated heterocycles. The molecule has 1 atom stereocenters. The summed E-state index contributed by atoms with van der Waals surface area (Å²) in [4.78, 5) is 11.2. The minimum atomic E-state index is -0.781. The summed E-state index contributed by atoms with van der Waals surface area (Å²) in [5.41, 5.74) is 0. The highest BCUT2D eigenvalue weighted by Gasteiger charge is 2.07. The number of hydrogen-bond acceptors (Lipinski definition) is 2. The molecule has 130 valence electrons. The third-order valence-electron chi connectivity index (χ3n) is 4.15. The highest BCUT2D eigenvalue weighted by Crippen LogP contribution is 2.10. The van der Waals surface area contributed by atoms with Crippen molar-refractivity contribution in [1.29, 1.82) is 0 Å². The first-order valence-electron chi connectivity index (χ1n) is 9.54. The van der Waals surface area contributed by atoms with Crippen LogP contribution in [0.3, 0.4) is 0 Å². The Hall–Kier alpha value is -0.630. The average Bonchev–Trinajstić information content (AvgIpc) is 2.50. The smallest absolute Gasteiger partial charge is 0.160 e. The molecule has 0 amide bonds. The number of allylic oxidation sites excluding steroid dienone is 2. The highest BCUT2D eigenvalue weighted by atomic mass is 16.3. The van der Waals surface area contributed by atoms with Crippen LogP contribution >= 0.6 is 0 Å². The molecule has 0 aromatic carbocycles. The van der Waals surface area contributed by atoms with Gasteiger partial charge in [-0.25, -0.2) is 0 Å². The molecule has 0 fully saturated rings. The van der Waals surface area contributed by atoms with E-state index >= 15 is 0 Å². The normalized spacial score (nSPS) is 12.9. The van der Waals surface area contributed by atoms with Gasteiger partial charge in [0.2, 0.25) is 0 Å². The van der Waals surface area contributed by atoms with Crippen molar-refractivity contribution in [2.75, 3.05) is 0 Å². The standard InChI is InChI=1S/C20H38O2/c1-3-4-5-6-7-8-9-10-11-12-13-14-15-16-17-18-20(22)19(2)21/h10-11,19,21H,3-9,12-18H2,1-2H3/b11-10-. The summed E-state index contributed by atoms with van der Waals surface area (Å²) < 4.78 is 0. The van der Waals surface area contributed by atoms with Crippen molar-refractivity contribution in [2.24, 2.45) is 0 Å². The van der Waals surface area contributed by atoms with E-state index in [1.165, 1.54) is 70.6 Å². The van der Waals surface area contributed by atoms with E-state index in [1.54, 1.807) is 6.92 Å². The second kappa shape index (κ2) is 16.7. The zero-order valence-electron chi connectivity index (χ0n) is 15.0. The average molecular weight is 311 g/mol. The van der Waals surface area contributed by atoms with Crippen molar-refractivity contribution in [3.63, 3.8) is 0 Å². The fourth-order valence-electron chi connectivity index (χ4n) is 2.58. The summed E-state index contributed by atoms with van der Waals surface area (Å²) in [6.45, 7) is 3.82. The highest BCUT2D eigenvalue weighted by molar-refractivity contribution is 5.82. The van der Waals surface area contributed by atoms with Crippen LogP contribution in [-0.2, 0) is 4.79 Å². The minimum Gasteiger partial charge on any atom is -0.386 e. The number of Topliss-reactive ketones (excluding diaryl/α,β-unsaturated/α-hetero) is 1. The Morgan fingerprint density at radius 1 is 0.818 bits per heavy atom. The number of unbranched alkanes of at least 4 members (excludes halogenated alkanes) is 11. The molecule has 0 spiro atoms. The molecule has 0 aromatic heterocycles. The van der Waals surface area contributed by atoms with Crippen LogP contribution in [0.2, 0.25) is 0 Å².